The maximum absolute atomic E-state index is 11.9. The molecule has 10 heteroatoms. The smallest absolute Gasteiger partial charge is 0.294 e. The molecule has 2 aromatic carbocycles. The van der Waals surface area contributed by atoms with Crippen molar-refractivity contribution in [3.8, 4) is 0 Å². The molecule has 0 saturated heterocycles. The van der Waals surface area contributed by atoms with E-state index in [-0.39, 0.29) is 10.3 Å². The van der Waals surface area contributed by atoms with Gasteiger partial charge in [-0.3, -0.25) is 4.55 Å². The summed E-state index contributed by atoms with van der Waals surface area (Å²) < 4.78 is 40.5. The number of hydrogen-bond acceptors (Lipinski definition) is 7. The summed E-state index contributed by atoms with van der Waals surface area (Å²) in [4.78, 5) is 3.05. The van der Waals surface area contributed by atoms with Crippen molar-refractivity contribution in [1.29, 1.82) is 0 Å². The second-order valence-corrected chi connectivity index (χ2v) is 15.0. The van der Waals surface area contributed by atoms with Crippen LogP contribution < -0.4 is 4.90 Å². The summed E-state index contributed by atoms with van der Waals surface area (Å²) in [5.41, 5.74) is 5.73. The summed E-state index contributed by atoms with van der Waals surface area (Å²) in [7, 11) is -4.31. The largest absolute Gasteiger partial charge is 0.344 e. The van der Waals surface area contributed by atoms with Crippen molar-refractivity contribution in [2.75, 3.05) is 18.0 Å². The molecule has 0 amide bonds. The van der Waals surface area contributed by atoms with Crippen LogP contribution >= 0.6 is 12.0 Å². The van der Waals surface area contributed by atoms with Crippen molar-refractivity contribution >= 4 is 39.2 Å². The third kappa shape index (κ3) is 7.06. The number of rotatable bonds is 13. The van der Waals surface area contributed by atoms with Gasteiger partial charge in [-0.2, -0.15) is 13.0 Å². The molecule has 0 spiro atoms. The number of anilines is 1. The van der Waals surface area contributed by atoms with Crippen LogP contribution in [-0.4, -0.2) is 41.6 Å². The molecule has 2 N–H and O–H groups in total. The first-order valence-electron chi connectivity index (χ1n) is 15.1. The van der Waals surface area contributed by atoms with E-state index in [1.165, 1.54) is 17.3 Å². The highest BCUT2D eigenvalue weighted by molar-refractivity contribution is 7.94. The molecular formula is C34H45N2O6S2+. The molecule has 0 fully saturated rings. The highest BCUT2D eigenvalue weighted by Crippen LogP contribution is 2.49. The predicted octanol–water partition coefficient (Wildman–Crippen LogP) is 8.38. The standard InChI is InChI=1S/C34H44N2O6S2/c1-8-35-29-19-17-25(43-42-41-37)22-27(29)33(4,5)31(35)15-10-9-11-16-32-34(6,7)28-23-26(44(38,39)40)18-20-30(28)36(32)21-13-12-14-24(2)3/h9-11,15-20,22-24H,8,12-14,21H2,1-7H3,(H-,37,38,39,40)/p+1. The minimum absolute atomic E-state index is 0.0820. The Balaban J connectivity index is 1.63. The minimum atomic E-state index is -4.31. The van der Waals surface area contributed by atoms with Gasteiger partial charge in [0.15, 0.2) is 5.71 Å². The molecule has 0 bridgehead atoms. The number of fused-ring (bicyclic) bond motifs is 2. The Bertz CT molecular complexity index is 1600. The third-order valence-corrected chi connectivity index (χ3v) is 10.1. The lowest BCUT2D eigenvalue weighted by Gasteiger charge is -2.25. The van der Waals surface area contributed by atoms with Crippen molar-refractivity contribution in [2.24, 2.45) is 5.92 Å². The molecule has 8 nitrogen and oxygen atoms in total. The van der Waals surface area contributed by atoms with E-state index in [1.807, 2.05) is 24.3 Å². The first kappa shape index (κ1) is 34.1. The normalized spacial score (nSPS) is 18.4. The summed E-state index contributed by atoms with van der Waals surface area (Å²) in [6.07, 6.45) is 13.7. The van der Waals surface area contributed by atoms with Crippen molar-refractivity contribution in [3.05, 3.63) is 83.6 Å². The molecule has 2 aliphatic rings. The van der Waals surface area contributed by atoms with E-state index in [2.05, 4.69) is 97.7 Å². The Hall–Kier alpha value is -2.73. The second kappa shape index (κ2) is 13.7. The molecule has 0 aromatic heterocycles. The Morgan fingerprint density at radius 3 is 2.41 bits per heavy atom. The Kier molecular flexibility index (Phi) is 10.7. The van der Waals surface area contributed by atoms with Gasteiger partial charge in [0.2, 0.25) is 5.69 Å². The predicted molar refractivity (Wildman–Crippen MR) is 177 cm³/mol. The molecule has 0 saturated carbocycles. The average molecular weight is 642 g/mol. The number of allylic oxidation sites excluding steroid dienone is 6. The fourth-order valence-electron chi connectivity index (χ4n) is 6.34. The Morgan fingerprint density at radius 2 is 1.75 bits per heavy atom. The van der Waals surface area contributed by atoms with Gasteiger partial charge in [-0.05, 0) is 75.1 Å². The lowest BCUT2D eigenvalue weighted by atomic mass is 9.81. The van der Waals surface area contributed by atoms with Crippen molar-refractivity contribution in [3.63, 3.8) is 0 Å². The molecule has 238 valence electrons. The first-order valence-corrected chi connectivity index (χ1v) is 17.3. The van der Waals surface area contributed by atoms with Gasteiger partial charge < -0.3 is 4.90 Å². The van der Waals surface area contributed by atoms with Crippen LogP contribution in [0.25, 0.3) is 0 Å². The van der Waals surface area contributed by atoms with Gasteiger partial charge in [0.25, 0.3) is 10.1 Å². The number of unbranched alkanes of at least 4 members (excludes halogenated alkanes) is 1. The lowest BCUT2D eigenvalue weighted by Crippen LogP contribution is -2.28. The summed E-state index contributed by atoms with van der Waals surface area (Å²) in [5.74, 6) is 0.648. The zero-order valence-corrected chi connectivity index (χ0v) is 28.3. The van der Waals surface area contributed by atoms with Crippen LogP contribution in [0.4, 0.5) is 11.4 Å². The Labute approximate surface area is 266 Å². The minimum Gasteiger partial charge on any atom is -0.344 e. The van der Waals surface area contributed by atoms with Crippen LogP contribution in [0, 0.1) is 5.92 Å². The van der Waals surface area contributed by atoms with E-state index < -0.39 is 15.5 Å². The van der Waals surface area contributed by atoms with E-state index in [0.29, 0.717) is 5.92 Å². The molecule has 2 aliphatic heterocycles. The van der Waals surface area contributed by atoms with E-state index in [9.17, 15) is 13.0 Å². The molecule has 0 aliphatic carbocycles. The molecule has 0 atom stereocenters. The van der Waals surface area contributed by atoms with Crippen LogP contribution in [0.2, 0.25) is 0 Å². The number of nitrogens with zero attached hydrogens (tertiary/aromatic N) is 2. The summed E-state index contributed by atoms with van der Waals surface area (Å²) >= 11 is 0.956. The highest BCUT2D eigenvalue weighted by Gasteiger charge is 2.45. The molecule has 0 radical (unpaired) electrons. The van der Waals surface area contributed by atoms with Crippen LogP contribution in [0.3, 0.4) is 0 Å². The molecule has 44 heavy (non-hydrogen) atoms. The number of likely N-dealkylation sites (N-methyl/N-ethyl adjacent to an activating group) is 1. The first-order chi connectivity index (χ1) is 20.7. The van der Waals surface area contributed by atoms with Crippen LogP contribution in [-0.2, 0) is 30.3 Å². The van der Waals surface area contributed by atoms with Crippen molar-refractivity contribution in [2.45, 2.75) is 88.3 Å². The van der Waals surface area contributed by atoms with Crippen LogP contribution in [0.1, 0.15) is 78.9 Å². The molecule has 2 aromatic rings. The van der Waals surface area contributed by atoms with Crippen molar-refractivity contribution in [1.82, 2.24) is 0 Å². The summed E-state index contributed by atoms with van der Waals surface area (Å²) in [6, 6.07) is 11.0. The van der Waals surface area contributed by atoms with E-state index in [1.54, 1.807) is 6.07 Å². The number of benzene rings is 2. The van der Waals surface area contributed by atoms with Gasteiger partial charge in [0.1, 0.15) is 6.54 Å². The van der Waals surface area contributed by atoms with Gasteiger partial charge in [0.05, 0.1) is 22.4 Å². The zero-order chi connectivity index (χ0) is 32.3. The van der Waals surface area contributed by atoms with Crippen LogP contribution in [0.5, 0.6) is 0 Å². The molecule has 2 heterocycles. The number of hydrogen-bond donors (Lipinski definition) is 2. The van der Waals surface area contributed by atoms with Crippen molar-refractivity contribution < 1.29 is 32.2 Å². The monoisotopic (exact) mass is 641 g/mol. The second-order valence-electron chi connectivity index (χ2n) is 12.8. The molecular weight excluding hydrogens is 597 g/mol. The van der Waals surface area contributed by atoms with E-state index >= 15 is 0 Å². The van der Waals surface area contributed by atoms with E-state index in [0.717, 1.165) is 71.9 Å². The summed E-state index contributed by atoms with van der Waals surface area (Å²) in [6.45, 7) is 16.8. The molecule has 4 rings (SSSR count). The van der Waals surface area contributed by atoms with Gasteiger partial charge in [-0.1, -0.05) is 57.4 Å². The third-order valence-electron chi connectivity index (χ3n) is 8.64. The summed E-state index contributed by atoms with van der Waals surface area (Å²) in [5, 5.41) is 12.3. The van der Waals surface area contributed by atoms with E-state index in [4.69, 9.17) is 5.26 Å². The van der Waals surface area contributed by atoms with Gasteiger partial charge >= 0.3 is 0 Å². The quantitative estimate of drug-likeness (QED) is 0.0428. The highest BCUT2D eigenvalue weighted by atomic mass is 32.2. The maximum Gasteiger partial charge on any atom is 0.294 e. The average Bonchev–Trinajstić information content (AvgIpc) is 3.31. The molecule has 0 unspecified atom stereocenters. The van der Waals surface area contributed by atoms with Crippen LogP contribution in [0.15, 0.2) is 82.3 Å². The van der Waals surface area contributed by atoms with Gasteiger partial charge in [0, 0.05) is 52.4 Å². The van der Waals surface area contributed by atoms with Gasteiger partial charge in [-0.25, -0.2) is 5.26 Å². The Morgan fingerprint density at radius 1 is 1.00 bits per heavy atom. The van der Waals surface area contributed by atoms with Gasteiger partial charge in [-0.15, -0.1) is 4.33 Å². The SMILES string of the molecule is CCN1C(=CC=CC=CC2=[N+](CCCCC(C)C)c3ccc(S(=O)(=O)O)cc3C2(C)C)C(C)(C)c2cc(SOOO)ccc21. The topological polar surface area (TPSA) is 99.3 Å². The fourth-order valence-corrected chi connectivity index (χ4v) is 7.24. The zero-order valence-electron chi connectivity index (χ0n) is 26.7. The fraction of sp³-hybridized carbons (Fsp3) is 0.441. The maximum atomic E-state index is 11.9. The lowest BCUT2D eigenvalue weighted by molar-refractivity contribution is -0.438.